The first-order chi connectivity index (χ1) is 11.1. The van der Waals surface area contributed by atoms with Gasteiger partial charge in [-0.15, -0.1) is 0 Å². The molecule has 2 rings (SSSR count). The smallest absolute Gasteiger partial charge is 0.245 e. The lowest BCUT2D eigenvalue weighted by molar-refractivity contribution is -0.130. The van der Waals surface area contributed by atoms with Crippen LogP contribution >= 0.6 is 0 Å². The highest BCUT2D eigenvalue weighted by Gasteiger charge is 2.27. The van der Waals surface area contributed by atoms with Gasteiger partial charge in [0.25, 0.3) is 0 Å². The largest absolute Gasteiger partial charge is 0.493 e. The molecule has 0 radical (unpaired) electrons. The maximum Gasteiger partial charge on any atom is 0.245 e. The summed E-state index contributed by atoms with van der Waals surface area (Å²) in [6.45, 7) is 4.62. The molecule has 1 aromatic carbocycles. The molecular formula is C17H22N2O4. The molecule has 0 aromatic heterocycles. The number of rotatable bonds is 5. The van der Waals surface area contributed by atoms with E-state index in [2.05, 4.69) is 11.9 Å². The van der Waals surface area contributed by atoms with Gasteiger partial charge in [-0.25, -0.2) is 0 Å². The predicted octanol–water partition coefficient (Wildman–Crippen LogP) is 2.07. The van der Waals surface area contributed by atoms with Crippen LogP contribution in [0, 0.1) is 5.92 Å². The maximum atomic E-state index is 12.5. The Kier molecular flexibility index (Phi) is 5.62. The Labute approximate surface area is 136 Å². The normalized spacial score (nSPS) is 15.0. The Morgan fingerprint density at radius 2 is 1.96 bits per heavy atom. The third-order valence-electron chi connectivity index (χ3n) is 4.01. The summed E-state index contributed by atoms with van der Waals surface area (Å²) < 4.78 is 10.5. The molecule has 0 spiro atoms. The average Bonchev–Trinajstić information content (AvgIpc) is 2.60. The Bertz CT molecular complexity index is 592. The number of para-hydroxylation sites is 1. The second-order valence-corrected chi connectivity index (χ2v) is 5.33. The molecule has 124 valence electrons. The van der Waals surface area contributed by atoms with Crippen molar-refractivity contribution in [1.82, 2.24) is 4.90 Å². The molecule has 0 atom stereocenters. The average molecular weight is 318 g/mol. The number of amides is 2. The lowest BCUT2D eigenvalue weighted by Crippen LogP contribution is -2.40. The summed E-state index contributed by atoms with van der Waals surface area (Å²) in [6.07, 6.45) is 2.58. The molecular weight excluding hydrogens is 296 g/mol. The fourth-order valence-electron chi connectivity index (χ4n) is 2.71. The lowest BCUT2D eigenvalue weighted by Gasteiger charge is -2.30. The molecule has 1 fully saturated rings. The molecule has 23 heavy (non-hydrogen) atoms. The first-order valence-electron chi connectivity index (χ1n) is 7.54. The zero-order chi connectivity index (χ0) is 16.8. The number of anilines is 1. The minimum Gasteiger partial charge on any atom is -0.493 e. The summed E-state index contributed by atoms with van der Waals surface area (Å²) in [4.78, 5) is 25.7. The molecule has 2 amide bonds. The third-order valence-corrected chi connectivity index (χ3v) is 4.01. The second-order valence-electron chi connectivity index (χ2n) is 5.33. The highest BCUT2D eigenvalue weighted by Crippen LogP contribution is 2.35. The number of nitrogens with one attached hydrogen (secondary N) is 1. The summed E-state index contributed by atoms with van der Waals surface area (Å²) in [7, 11) is 3.09. The Morgan fingerprint density at radius 1 is 1.26 bits per heavy atom. The van der Waals surface area contributed by atoms with Crippen molar-refractivity contribution in [1.29, 1.82) is 0 Å². The minimum absolute atomic E-state index is 0.0674. The van der Waals surface area contributed by atoms with Crippen molar-refractivity contribution in [2.75, 3.05) is 32.6 Å². The highest BCUT2D eigenvalue weighted by atomic mass is 16.5. The molecule has 1 aliphatic heterocycles. The summed E-state index contributed by atoms with van der Waals surface area (Å²) in [5.41, 5.74) is 0.585. The molecule has 0 aliphatic carbocycles. The van der Waals surface area contributed by atoms with Crippen LogP contribution in [0.2, 0.25) is 0 Å². The quantitative estimate of drug-likeness (QED) is 0.844. The van der Waals surface area contributed by atoms with Gasteiger partial charge in [0.15, 0.2) is 11.5 Å². The van der Waals surface area contributed by atoms with Crippen molar-refractivity contribution in [3.05, 3.63) is 30.9 Å². The van der Waals surface area contributed by atoms with Crippen LogP contribution in [0.4, 0.5) is 5.69 Å². The molecule has 1 N–H and O–H groups in total. The van der Waals surface area contributed by atoms with Gasteiger partial charge < -0.3 is 19.7 Å². The number of likely N-dealkylation sites (tertiary alicyclic amines) is 1. The predicted molar refractivity (Wildman–Crippen MR) is 87.7 cm³/mol. The SMILES string of the molecule is C=CC(=O)N1CCC(C(=O)Nc2cccc(OC)c2OC)CC1. The summed E-state index contributed by atoms with van der Waals surface area (Å²) in [5.74, 6) is 0.791. The minimum atomic E-state index is -0.125. The van der Waals surface area contributed by atoms with E-state index in [0.29, 0.717) is 43.1 Å². The standard InChI is InChI=1S/C17H22N2O4/c1-4-15(20)19-10-8-12(9-11-19)17(21)18-13-6-5-7-14(22-2)16(13)23-3/h4-7,12H,1,8-11H2,2-3H3,(H,18,21). The molecule has 0 bridgehead atoms. The van der Waals surface area contributed by atoms with Gasteiger partial charge in [0.05, 0.1) is 19.9 Å². The number of methoxy groups -OCH3 is 2. The van der Waals surface area contributed by atoms with Gasteiger partial charge in [-0.3, -0.25) is 9.59 Å². The van der Waals surface area contributed by atoms with E-state index in [1.807, 2.05) is 0 Å². The second kappa shape index (κ2) is 7.67. The van der Waals surface area contributed by atoms with Gasteiger partial charge in [0.1, 0.15) is 0 Å². The molecule has 1 aliphatic rings. The number of carbonyl (C=O) groups is 2. The van der Waals surface area contributed by atoms with Crippen LogP contribution in [0.3, 0.4) is 0 Å². The van der Waals surface area contributed by atoms with E-state index >= 15 is 0 Å². The van der Waals surface area contributed by atoms with Crippen molar-refractivity contribution in [2.24, 2.45) is 5.92 Å². The third kappa shape index (κ3) is 3.83. The van der Waals surface area contributed by atoms with Gasteiger partial charge in [-0.1, -0.05) is 12.6 Å². The van der Waals surface area contributed by atoms with Gasteiger partial charge in [-0.05, 0) is 31.1 Å². The van der Waals surface area contributed by atoms with E-state index in [9.17, 15) is 9.59 Å². The monoisotopic (exact) mass is 318 g/mol. The number of hydrogen-bond donors (Lipinski definition) is 1. The van der Waals surface area contributed by atoms with Crippen LogP contribution in [0.15, 0.2) is 30.9 Å². The summed E-state index contributed by atoms with van der Waals surface area (Å²) in [5, 5.41) is 2.90. The molecule has 6 heteroatoms. The molecule has 1 aromatic rings. The van der Waals surface area contributed by atoms with E-state index in [1.165, 1.54) is 13.2 Å². The number of nitrogens with zero attached hydrogens (tertiary/aromatic N) is 1. The number of ether oxygens (including phenoxy) is 2. The fraction of sp³-hybridized carbons (Fsp3) is 0.412. The number of piperidine rings is 1. The number of carbonyl (C=O) groups excluding carboxylic acids is 2. The highest BCUT2D eigenvalue weighted by molar-refractivity contribution is 5.95. The van der Waals surface area contributed by atoms with Gasteiger partial charge >= 0.3 is 0 Å². The van der Waals surface area contributed by atoms with E-state index in [-0.39, 0.29) is 17.7 Å². The van der Waals surface area contributed by atoms with Crippen molar-refractivity contribution in [2.45, 2.75) is 12.8 Å². The molecule has 1 heterocycles. The van der Waals surface area contributed by atoms with E-state index in [0.717, 1.165) is 0 Å². The zero-order valence-electron chi connectivity index (χ0n) is 13.5. The number of benzene rings is 1. The first kappa shape index (κ1) is 16.9. The Balaban J connectivity index is 2.01. The lowest BCUT2D eigenvalue weighted by atomic mass is 9.95. The molecule has 1 saturated heterocycles. The van der Waals surface area contributed by atoms with Crippen molar-refractivity contribution < 1.29 is 19.1 Å². The van der Waals surface area contributed by atoms with Gasteiger partial charge in [0.2, 0.25) is 11.8 Å². The zero-order valence-corrected chi connectivity index (χ0v) is 13.5. The van der Waals surface area contributed by atoms with Gasteiger partial charge in [0, 0.05) is 19.0 Å². The summed E-state index contributed by atoms with van der Waals surface area (Å²) >= 11 is 0. The maximum absolute atomic E-state index is 12.5. The van der Waals surface area contributed by atoms with E-state index < -0.39 is 0 Å². The molecule has 0 unspecified atom stereocenters. The van der Waals surface area contributed by atoms with E-state index in [1.54, 1.807) is 30.2 Å². The first-order valence-corrected chi connectivity index (χ1v) is 7.54. The van der Waals surface area contributed by atoms with Crippen LogP contribution in [-0.4, -0.2) is 44.0 Å². The Morgan fingerprint density at radius 3 is 2.52 bits per heavy atom. The van der Waals surface area contributed by atoms with E-state index in [4.69, 9.17) is 9.47 Å². The van der Waals surface area contributed by atoms with Crippen LogP contribution < -0.4 is 14.8 Å². The fourth-order valence-corrected chi connectivity index (χ4v) is 2.71. The van der Waals surface area contributed by atoms with Crippen LogP contribution in [0.1, 0.15) is 12.8 Å². The van der Waals surface area contributed by atoms with Crippen molar-refractivity contribution >= 4 is 17.5 Å². The van der Waals surface area contributed by atoms with Crippen molar-refractivity contribution in [3.63, 3.8) is 0 Å². The topological polar surface area (TPSA) is 67.9 Å². The van der Waals surface area contributed by atoms with Crippen LogP contribution in [-0.2, 0) is 9.59 Å². The molecule has 6 nitrogen and oxygen atoms in total. The van der Waals surface area contributed by atoms with Crippen LogP contribution in [0.5, 0.6) is 11.5 Å². The molecule has 0 saturated carbocycles. The van der Waals surface area contributed by atoms with Crippen molar-refractivity contribution in [3.8, 4) is 11.5 Å². The number of hydrogen-bond acceptors (Lipinski definition) is 4. The van der Waals surface area contributed by atoms with Crippen LogP contribution in [0.25, 0.3) is 0 Å². The van der Waals surface area contributed by atoms with Gasteiger partial charge in [-0.2, -0.15) is 0 Å². The Hall–Kier alpha value is -2.50. The summed E-state index contributed by atoms with van der Waals surface area (Å²) in [6, 6.07) is 5.34.